The van der Waals surface area contributed by atoms with Gasteiger partial charge in [-0.05, 0) is 93.2 Å². The zero-order chi connectivity index (χ0) is 47.6. The van der Waals surface area contributed by atoms with E-state index in [4.69, 9.17) is 23.0 Å². The fraction of sp³-hybridized carbons (Fsp3) is 0.711. The first-order valence-corrected chi connectivity index (χ1v) is 28.8. The second kappa shape index (κ2) is 17.1. The minimum Gasteiger partial charge on any atom is -0.474 e. The van der Waals surface area contributed by atoms with Gasteiger partial charge in [-0.2, -0.15) is 4.90 Å². The maximum Gasteiger partial charge on any atom is 0.421 e. The van der Waals surface area contributed by atoms with Crippen LogP contribution in [0.3, 0.4) is 0 Å². The number of nitrogens with zero attached hydrogens (tertiary/aromatic N) is 3. The molecule has 3 fully saturated rings. The summed E-state index contributed by atoms with van der Waals surface area (Å²) in [5.41, 5.74) is -2.93. The molecule has 348 valence electrons. The molecule has 3 aliphatic rings. The summed E-state index contributed by atoms with van der Waals surface area (Å²) in [6, 6.07) is 2.33. The second-order valence-electron chi connectivity index (χ2n) is 22.2. The molecule has 15 nitrogen and oxygen atoms in total. The van der Waals surface area contributed by atoms with E-state index in [9.17, 15) is 29.1 Å². The quantitative estimate of drug-likeness (QED) is 0.136. The van der Waals surface area contributed by atoms with E-state index in [1.807, 2.05) is 67.5 Å². The fourth-order valence-corrected chi connectivity index (χ4v) is 12.0. The van der Waals surface area contributed by atoms with Gasteiger partial charge in [0.2, 0.25) is 0 Å². The van der Waals surface area contributed by atoms with Crippen LogP contribution >= 0.6 is 0 Å². The molecule has 5 rings (SSSR count). The number of hydrogen-bond acceptors (Lipinski definition) is 11. The van der Waals surface area contributed by atoms with Crippen molar-refractivity contribution in [2.24, 2.45) is 11.8 Å². The average molecular weight is 903 g/mol. The van der Waals surface area contributed by atoms with Gasteiger partial charge < -0.3 is 43.3 Å². The van der Waals surface area contributed by atoms with E-state index in [2.05, 4.69) is 44.6 Å². The molecule has 3 saturated heterocycles. The zero-order valence-electron chi connectivity index (χ0n) is 40.8. The number of furan rings is 2. The molecular weight excluding hydrogens is 829 g/mol. The number of amides is 5. The minimum atomic E-state index is -1.94. The number of aliphatic hydroxyl groups excluding tert-OH is 1. The van der Waals surface area contributed by atoms with Gasteiger partial charge in [0.15, 0.2) is 11.1 Å². The van der Waals surface area contributed by atoms with Crippen molar-refractivity contribution in [1.29, 1.82) is 0 Å². The summed E-state index contributed by atoms with van der Waals surface area (Å²) in [6.07, 6.45) is -1.09. The highest BCUT2D eigenvalue weighted by Crippen LogP contribution is 2.56. The van der Waals surface area contributed by atoms with Crippen molar-refractivity contribution in [3.05, 3.63) is 35.8 Å². The van der Waals surface area contributed by atoms with Crippen LogP contribution in [0.4, 0.5) is 14.4 Å². The Hall–Kier alpha value is -4.10. The molecule has 3 aliphatic heterocycles. The van der Waals surface area contributed by atoms with Crippen LogP contribution in [0.5, 0.6) is 0 Å². The van der Waals surface area contributed by atoms with Gasteiger partial charge in [-0.3, -0.25) is 9.59 Å². The zero-order valence-corrected chi connectivity index (χ0v) is 42.8. The maximum atomic E-state index is 13.9. The predicted molar refractivity (Wildman–Crippen MR) is 242 cm³/mol. The van der Waals surface area contributed by atoms with Gasteiger partial charge in [0.1, 0.15) is 33.5 Å². The van der Waals surface area contributed by atoms with Gasteiger partial charge in [-0.15, -0.1) is 0 Å². The highest BCUT2D eigenvalue weighted by atomic mass is 28.3. The summed E-state index contributed by atoms with van der Waals surface area (Å²) >= 11 is 0. The number of imide groups is 1. The lowest BCUT2D eigenvalue weighted by atomic mass is 9.67. The van der Waals surface area contributed by atoms with E-state index in [0.717, 1.165) is 26.8 Å². The largest absolute Gasteiger partial charge is 0.474 e. The van der Waals surface area contributed by atoms with Crippen molar-refractivity contribution in [2.75, 3.05) is 0 Å². The maximum absolute atomic E-state index is 13.9. The number of likely N-dealkylation sites (tertiary alicyclic amines) is 2. The van der Waals surface area contributed by atoms with Crippen molar-refractivity contribution < 1.29 is 52.1 Å². The number of hydrogen-bond donors (Lipinski definition) is 2. The van der Waals surface area contributed by atoms with Gasteiger partial charge in [0.05, 0.1) is 41.5 Å². The third-order valence-corrected chi connectivity index (χ3v) is 14.8. The summed E-state index contributed by atoms with van der Waals surface area (Å²) in [7, 11) is -3.83. The summed E-state index contributed by atoms with van der Waals surface area (Å²) in [5, 5.41) is 15.7. The highest BCUT2D eigenvalue weighted by molar-refractivity contribution is 6.88. The number of carbonyl (C=O) groups is 5. The number of nitrogens with one attached hydrogen (secondary N) is 1. The highest BCUT2D eigenvalue weighted by Gasteiger charge is 2.78. The Kier molecular flexibility index (Phi) is 14.0. The van der Waals surface area contributed by atoms with Crippen molar-refractivity contribution in [3.8, 4) is 0 Å². The molecule has 0 unspecified atom stereocenters. The molecule has 62 heavy (non-hydrogen) atoms. The molecule has 5 heterocycles. The van der Waals surface area contributed by atoms with Crippen LogP contribution in [0.2, 0.25) is 39.3 Å². The van der Waals surface area contributed by atoms with Crippen LogP contribution in [-0.4, -0.2) is 113 Å². The molecule has 0 bridgehead atoms. The Labute approximate surface area is 370 Å². The standard InChI is InChI=1S/C23H36N2O6Si.C22H38N2O5Si/c1-13(2)17-23(25(20(27)30-17)21(28)31-22(5,6)7)16(24(14(3)4)19(23)26)15-11-12-29-18(15)32(8,9)10;1-13(2)17(25)22(23-20(27)29-21(5,6)7)16(24(14(3)4)19(22)26)15-11-12-28-18(15)30(8,9)10/h11-14,16-17H,1-10H3;11-14,16-17,25H,1-10H3,(H,23,27)/t16-,17-,23-;16-,17-,22-/m00/s1. The Morgan fingerprint density at radius 1 is 0.726 bits per heavy atom. The van der Waals surface area contributed by atoms with Crippen LogP contribution in [-0.2, 0) is 23.8 Å². The van der Waals surface area contributed by atoms with E-state index in [0.29, 0.717) is 0 Å². The van der Waals surface area contributed by atoms with Gasteiger partial charge in [0, 0.05) is 23.2 Å². The van der Waals surface area contributed by atoms with Gasteiger partial charge in [-0.25, -0.2) is 14.4 Å². The smallest absolute Gasteiger partial charge is 0.421 e. The SMILES string of the molecule is CC(C)[C@@H]1OC(=O)N(C(=O)OC(C)(C)C)[C@]12C(=O)N(C(C)C)[C@H]2c1ccoc1[Si](C)(C)C.CC(C)[C@H](O)[C@]1(NC(=O)OC(C)(C)C)C(=O)N(C(C)C)[C@H]1c1ccoc1[Si](C)(C)C. The van der Waals surface area contributed by atoms with Crippen LogP contribution in [0, 0.1) is 11.8 Å². The molecule has 5 amide bonds. The Morgan fingerprint density at radius 2 is 1.16 bits per heavy atom. The number of β-lactam (4-membered cyclic amide) rings is 2. The van der Waals surface area contributed by atoms with Gasteiger partial charge >= 0.3 is 18.3 Å². The van der Waals surface area contributed by atoms with E-state index in [1.54, 1.807) is 63.9 Å². The molecule has 2 aromatic heterocycles. The number of aliphatic hydroxyl groups is 1. The monoisotopic (exact) mass is 902 g/mol. The van der Waals surface area contributed by atoms with E-state index in [-0.39, 0.29) is 35.7 Å². The molecular formula is C45H74N4O11Si2. The summed E-state index contributed by atoms with van der Waals surface area (Å²) < 4.78 is 28.5. The number of rotatable bonds is 10. The fourth-order valence-electron chi connectivity index (χ4n) is 9.01. The molecule has 0 aliphatic carbocycles. The first-order chi connectivity index (χ1) is 28.1. The molecule has 0 aromatic carbocycles. The Bertz CT molecular complexity index is 2000. The molecule has 2 N–H and O–H groups in total. The lowest BCUT2D eigenvalue weighted by Gasteiger charge is -2.60. The van der Waals surface area contributed by atoms with E-state index >= 15 is 0 Å². The third-order valence-electron chi connectivity index (χ3n) is 11.2. The first kappa shape index (κ1) is 50.5. The van der Waals surface area contributed by atoms with Crippen LogP contribution in [0.25, 0.3) is 0 Å². The number of ether oxygens (including phenoxy) is 3. The average Bonchev–Trinajstić information content (AvgIpc) is 3.84. The van der Waals surface area contributed by atoms with Crippen molar-refractivity contribution >= 4 is 57.0 Å². The predicted octanol–water partition coefficient (Wildman–Crippen LogP) is 7.66. The summed E-state index contributed by atoms with van der Waals surface area (Å²) in [4.78, 5) is 70.9. The first-order valence-electron chi connectivity index (χ1n) is 21.8. The molecule has 0 saturated carbocycles. The normalized spacial score (nSPS) is 25.0. The Balaban J connectivity index is 0.000000273. The van der Waals surface area contributed by atoms with Crippen LogP contribution in [0.1, 0.15) is 120 Å². The molecule has 0 radical (unpaired) electrons. The minimum absolute atomic E-state index is 0.111. The number of cyclic esters (lactones) is 1. The summed E-state index contributed by atoms with van der Waals surface area (Å²) in [6.45, 7) is 38.6. The second-order valence-corrected chi connectivity index (χ2v) is 32.1. The van der Waals surface area contributed by atoms with Crippen LogP contribution < -0.4 is 16.1 Å². The molecule has 17 heteroatoms. The van der Waals surface area contributed by atoms with Crippen molar-refractivity contribution in [1.82, 2.24) is 20.0 Å². The topological polar surface area (TPSA) is 181 Å². The lowest BCUT2D eigenvalue weighted by molar-refractivity contribution is -0.183. The van der Waals surface area contributed by atoms with E-state index < -0.39 is 81.0 Å². The van der Waals surface area contributed by atoms with Crippen molar-refractivity contribution in [3.63, 3.8) is 0 Å². The number of alkyl carbamates (subject to hydrolysis) is 1. The molecule has 2 aromatic rings. The van der Waals surface area contributed by atoms with E-state index in [1.165, 1.54) is 0 Å². The van der Waals surface area contributed by atoms with Crippen molar-refractivity contribution in [2.45, 2.75) is 195 Å². The van der Waals surface area contributed by atoms with Gasteiger partial charge in [-0.1, -0.05) is 67.0 Å². The lowest BCUT2D eigenvalue weighted by Crippen LogP contribution is -2.82. The number of carbonyl (C=O) groups excluding carboxylic acids is 5. The molecule has 1 spiro atoms. The van der Waals surface area contributed by atoms with Crippen LogP contribution in [0.15, 0.2) is 33.5 Å². The molecule has 6 atom stereocenters. The Morgan fingerprint density at radius 3 is 1.55 bits per heavy atom. The van der Waals surface area contributed by atoms with Gasteiger partial charge in [0.25, 0.3) is 11.8 Å². The third kappa shape index (κ3) is 8.99. The summed E-state index contributed by atoms with van der Waals surface area (Å²) in [5.74, 6) is -1.08.